The third-order valence-electron chi connectivity index (χ3n) is 4.21. The molecule has 2 aromatic carbocycles. The van der Waals surface area contributed by atoms with E-state index < -0.39 is 0 Å². The number of nitrogens with zero attached hydrogens (tertiary/aromatic N) is 2. The second-order valence-corrected chi connectivity index (χ2v) is 7.72. The van der Waals surface area contributed by atoms with E-state index in [2.05, 4.69) is 15.5 Å². The van der Waals surface area contributed by atoms with Gasteiger partial charge in [0.2, 0.25) is 10.9 Å². The van der Waals surface area contributed by atoms with Crippen molar-refractivity contribution in [2.45, 2.75) is 34.3 Å². The lowest BCUT2D eigenvalue weighted by Crippen LogP contribution is -2.13. The van der Waals surface area contributed by atoms with Gasteiger partial charge in [0, 0.05) is 5.56 Å². The van der Waals surface area contributed by atoms with Crippen molar-refractivity contribution in [2.75, 3.05) is 25.1 Å². The summed E-state index contributed by atoms with van der Waals surface area (Å²) in [6.07, 6.45) is 0. The van der Waals surface area contributed by atoms with Gasteiger partial charge in [0.25, 0.3) is 5.91 Å². The van der Waals surface area contributed by atoms with Crippen LogP contribution >= 0.6 is 11.3 Å². The van der Waals surface area contributed by atoms with Gasteiger partial charge in [-0.25, -0.2) is 0 Å². The number of aromatic nitrogens is 2. The molecule has 3 aromatic rings. The topological polar surface area (TPSA) is 91.8 Å². The van der Waals surface area contributed by atoms with Gasteiger partial charge in [0.1, 0.15) is 12.4 Å². The lowest BCUT2D eigenvalue weighted by molar-refractivity contribution is 0.102. The molecule has 3 rings (SSSR count). The molecule has 0 radical (unpaired) electrons. The Morgan fingerprint density at radius 2 is 1.62 bits per heavy atom. The highest BCUT2D eigenvalue weighted by Gasteiger charge is 2.19. The minimum absolute atomic E-state index is 0.267. The van der Waals surface area contributed by atoms with Crippen molar-refractivity contribution in [1.29, 1.82) is 0 Å². The van der Waals surface area contributed by atoms with E-state index in [1.54, 1.807) is 12.1 Å². The van der Waals surface area contributed by atoms with E-state index in [-0.39, 0.29) is 12.5 Å². The average molecular weight is 458 g/mol. The first kappa shape index (κ1) is 23.3. The number of carbonyl (C=O) groups excluding carboxylic acids is 1. The van der Waals surface area contributed by atoms with Gasteiger partial charge in [-0.05, 0) is 57.5 Å². The van der Waals surface area contributed by atoms with Crippen molar-refractivity contribution in [2.24, 2.45) is 0 Å². The summed E-state index contributed by atoms with van der Waals surface area (Å²) in [6, 6.07) is 11.0. The molecule has 0 bridgehead atoms. The van der Waals surface area contributed by atoms with Gasteiger partial charge in [-0.3, -0.25) is 10.1 Å². The molecule has 0 saturated carbocycles. The molecule has 0 fully saturated rings. The fourth-order valence-corrected chi connectivity index (χ4v) is 3.55. The van der Waals surface area contributed by atoms with Crippen molar-refractivity contribution in [3.63, 3.8) is 0 Å². The highest BCUT2D eigenvalue weighted by molar-refractivity contribution is 7.15. The first-order valence-electron chi connectivity index (χ1n) is 10.4. The normalized spacial score (nSPS) is 10.5. The molecule has 0 saturated heterocycles. The largest absolute Gasteiger partial charge is 0.490 e. The van der Waals surface area contributed by atoms with Gasteiger partial charge in [-0.15, -0.1) is 10.2 Å². The van der Waals surface area contributed by atoms with E-state index in [0.717, 1.165) is 11.3 Å². The first-order chi connectivity index (χ1) is 15.5. The second kappa shape index (κ2) is 11.3. The third-order valence-corrected chi connectivity index (χ3v) is 5.02. The Labute approximate surface area is 191 Å². The maximum atomic E-state index is 12.9. The first-order valence-corrected chi connectivity index (χ1v) is 11.2. The van der Waals surface area contributed by atoms with Crippen LogP contribution < -0.4 is 24.3 Å². The molecule has 32 heavy (non-hydrogen) atoms. The smallest absolute Gasteiger partial charge is 0.257 e. The van der Waals surface area contributed by atoms with Crippen LogP contribution in [0.4, 0.5) is 5.13 Å². The Balaban J connectivity index is 1.72. The Bertz CT molecular complexity index is 1030. The molecule has 0 unspecified atom stereocenters. The zero-order valence-electron chi connectivity index (χ0n) is 18.6. The van der Waals surface area contributed by atoms with Crippen molar-refractivity contribution in [1.82, 2.24) is 10.2 Å². The number of carbonyl (C=O) groups is 1. The van der Waals surface area contributed by atoms with Crippen LogP contribution in [0.15, 0.2) is 36.4 Å². The molecule has 0 spiro atoms. The minimum atomic E-state index is -0.350. The maximum absolute atomic E-state index is 12.9. The predicted molar refractivity (Wildman–Crippen MR) is 123 cm³/mol. The molecule has 0 atom stereocenters. The standard InChI is InChI=1S/C23H27N3O5S/c1-5-28-18-12-16(13-19(29-6-2)21(18)30-7-3)22(27)24-23-26-25-20(32-23)14-31-17-10-8-9-15(4)11-17/h8-13H,5-7,14H2,1-4H3,(H,24,26,27). The monoisotopic (exact) mass is 457 g/mol. The molecule has 9 heteroatoms. The molecule has 8 nitrogen and oxygen atoms in total. The second-order valence-electron chi connectivity index (χ2n) is 6.66. The van der Waals surface area contributed by atoms with Gasteiger partial charge < -0.3 is 18.9 Å². The van der Waals surface area contributed by atoms with Gasteiger partial charge in [0.15, 0.2) is 16.5 Å². The summed E-state index contributed by atoms with van der Waals surface area (Å²) in [5.74, 6) is 1.80. The Morgan fingerprint density at radius 1 is 0.938 bits per heavy atom. The molecular weight excluding hydrogens is 430 g/mol. The maximum Gasteiger partial charge on any atom is 0.257 e. The van der Waals surface area contributed by atoms with Gasteiger partial charge in [-0.1, -0.05) is 23.5 Å². The van der Waals surface area contributed by atoms with E-state index in [1.807, 2.05) is 52.0 Å². The Morgan fingerprint density at radius 3 is 2.25 bits per heavy atom. The molecular formula is C23H27N3O5S. The third kappa shape index (κ3) is 6.10. The minimum Gasteiger partial charge on any atom is -0.490 e. The summed E-state index contributed by atoms with van der Waals surface area (Å²) in [5, 5.41) is 11.9. The molecule has 1 N–H and O–H groups in total. The van der Waals surface area contributed by atoms with Crippen LogP contribution in [0.25, 0.3) is 0 Å². The number of anilines is 1. The SMILES string of the molecule is CCOc1cc(C(=O)Nc2nnc(COc3cccc(C)c3)s2)cc(OCC)c1OCC. The lowest BCUT2D eigenvalue weighted by atomic mass is 10.1. The molecule has 1 heterocycles. The van der Waals surface area contributed by atoms with Gasteiger partial charge in [-0.2, -0.15) is 0 Å². The summed E-state index contributed by atoms with van der Waals surface area (Å²) in [7, 11) is 0. The number of amides is 1. The van der Waals surface area contributed by atoms with Crippen LogP contribution in [0, 0.1) is 6.92 Å². The molecule has 0 aliphatic rings. The van der Waals surface area contributed by atoms with Crippen LogP contribution in [0.1, 0.15) is 41.7 Å². The van der Waals surface area contributed by atoms with Gasteiger partial charge >= 0.3 is 0 Å². The van der Waals surface area contributed by atoms with Crippen molar-refractivity contribution in [3.8, 4) is 23.0 Å². The quantitative estimate of drug-likeness (QED) is 0.439. The fraction of sp³-hybridized carbons (Fsp3) is 0.348. The molecule has 0 aliphatic carbocycles. The van der Waals surface area contributed by atoms with E-state index in [0.29, 0.717) is 52.8 Å². The van der Waals surface area contributed by atoms with Gasteiger partial charge in [0.05, 0.1) is 19.8 Å². The van der Waals surface area contributed by atoms with Crippen molar-refractivity contribution < 1.29 is 23.7 Å². The van der Waals surface area contributed by atoms with Crippen LogP contribution in [0.3, 0.4) is 0 Å². The summed E-state index contributed by atoms with van der Waals surface area (Å²) in [5.41, 5.74) is 1.48. The Hall–Kier alpha value is -3.33. The average Bonchev–Trinajstić information content (AvgIpc) is 3.22. The van der Waals surface area contributed by atoms with E-state index in [9.17, 15) is 4.79 Å². The molecule has 1 aromatic heterocycles. The Kier molecular flexibility index (Phi) is 8.27. The van der Waals surface area contributed by atoms with Crippen molar-refractivity contribution in [3.05, 3.63) is 52.5 Å². The highest BCUT2D eigenvalue weighted by atomic mass is 32.1. The number of nitrogens with one attached hydrogen (secondary N) is 1. The molecule has 170 valence electrons. The summed E-state index contributed by atoms with van der Waals surface area (Å²) >= 11 is 1.25. The predicted octanol–water partition coefficient (Wildman–Crippen LogP) is 4.87. The van der Waals surface area contributed by atoms with Crippen LogP contribution in [-0.4, -0.2) is 35.9 Å². The summed E-state index contributed by atoms with van der Waals surface area (Å²) in [4.78, 5) is 12.9. The number of hydrogen-bond donors (Lipinski definition) is 1. The number of rotatable bonds is 11. The molecule has 1 amide bonds. The van der Waals surface area contributed by atoms with E-state index in [1.165, 1.54) is 11.3 Å². The van der Waals surface area contributed by atoms with Crippen LogP contribution in [0.2, 0.25) is 0 Å². The number of benzene rings is 2. The summed E-state index contributed by atoms with van der Waals surface area (Å²) in [6.45, 7) is 9.18. The van der Waals surface area contributed by atoms with Crippen LogP contribution in [-0.2, 0) is 6.61 Å². The number of aryl methyl sites for hydroxylation is 1. The summed E-state index contributed by atoms with van der Waals surface area (Å²) < 4.78 is 22.8. The highest BCUT2D eigenvalue weighted by Crippen LogP contribution is 2.39. The van der Waals surface area contributed by atoms with Crippen LogP contribution in [0.5, 0.6) is 23.0 Å². The molecule has 0 aliphatic heterocycles. The lowest BCUT2D eigenvalue weighted by Gasteiger charge is -2.16. The zero-order valence-corrected chi connectivity index (χ0v) is 19.5. The van der Waals surface area contributed by atoms with E-state index in [4.69, 9.17) is 18.9 Å². The fourth-order valence-electron chi connectivity index (χ4n) is 2.90. The van der Waals surface area contributed by atoms with E-state index >= 15 is 0 Å². The number of ether oxygens (including phenoxy) is 4. The van der Waals surface area contributed by atoms with Crippen molar-refractivity contribution >= 4 is 22.4 Å². The zero-order chi connectivity index (χ0) is 22.9. The number of hydrogen-bond acceptors (Lipinski definition) is 8.